The number of aryl methyl sites for hydroxylation is 2. The van der Waals surface area contributed by atoms with Gasteiger partial charge in [-0.1, -0.05) is 12.1 Å². The second-order valence-electron chi connectivity index (χ2n) is 9.57. The fraction of sp³-hybridized carbons (Fsp3) is 0.310. The van der Waals surface area contributed by atoms with Crippen molar-refractivity contribution in [2.24, 2.45) is 0 Å². The molecule has 1 aliphatic rings. The Labute approximate surface area is 217 Å². The lowest BCUT2D eigenvalue weighted by Gasteiger charge is -2.37. The summed E-state index contributed by atoms with van der Waals surface area (Å²) in [5.74, 6) is 0.153. The number of rotatable bonds is 7. The number of aromatic nitrogens is 3. The molecule has 37 heavy (non-hydrogen) atoms. The van der Waals surface area contributed by atoms with Crippen molar-refractivity contribution in [2.45, 2.75) is 20.8 Å². The molecule has 5 rings (SSSR count). The first kappa shape index (κ1) is 24.8. The third-order valence-corrected chi connectivity index (χ3v) is 7.19. The Morgan fingerprint density at radius 3 is 2.35 bits per heavy atom. The van der Waals surface area contributed by atoms with Crippen molar-refractivity contribution in [3.05, 3.63) is 95.2 Å². The minimum atomic E-state index is -0.317. The number of carbonyl (C=O) groups excluding carboxylic acids is 1. The molecule has 0 atom stereocenters. The minimum absolute atomic E-state index is 0.163. The van der Waals surface area contributed by atoms with Crippen LogP contribution in [-0.4, -0.2) is 64.4 Å². The second-order valence-corrected chi connectivity index (χ2v) is 9.57. The fourth-order valence-corrected chi connectivity index (χ4v) is 4.96. The number of carbonyl (C=O) groups is 1. The van der Waals surface area contributed by atoms with Gasteiger partial charge in [0.1, 0.15) is 11.4 Å². The summed E-state index contributed by atoms with van der Waals surface area (Å²) in [5, 5.41) is 7.73. The zero-order valence-electron chi connectivity index (χ0n) is 21.6. The lowest BCUT2D eigenvalue weighted by Crippen LogP contribution is -2.48. The Morgan fingerprint density at radius 1 is 0.946 bits per heavy atom. The molecule has 8 heteroatoms. The van der Waals surface area contributed by atoms with E-state index in [1.165, 1.54) is 28.9 Å². The highest BCUT2D eigenvalue weighted by Crippen LogP contribution is 2.25. The maximum Gasteiger partial charge on any atom is 0.257 e. The van der Waals surface area contributed by atoms with Gasteiger partial charge < -0.3 is 14.8 Å². The number of halogens is 1. The average molecular weight is 501 g/mol. The first-order valence-electron chi connectivity index (χ1n) is 12.7. The molecule has 1 saturated heterocycles. The van der Waals surface area contributed by atoms with Crippen LogP contribution in [-0.2, 0) is 0 Å². The van der Waals surface area contributed by atoms with Gasteiger partial charge in [-0.25, -0.2) is 9.07 Å². The van der Waals surface area contributed by atoms with Crippen LogP contribution in [0.2, 0.25) is 0 Å². The second kappa shape index (κ2) is 10.6. The SMILES string of the molecule is Cc1cccc(N2CCN(CCNC(=O)c3c(C)nn(-c4ccc(F)cc4)c3-n3cccc3)CC2)c1C. The molecule has 1 fully saturated rings. The topological polar surface area (TPSA) is 58.3 Å². The molecular formula is C29H33FN6O. The summed E-state index contributed by atoms with van der Waals surface area (Å²) in [6, 6.07) is 16.4. The van der Waals surface area contributed by atoms with E-state index in [9.17, 15) is 9.18 Å². The molecule has 0 saturated carbocycles. The zero-order valence-corrected chi connectivity index (χ0v) is 21.6. The quantitative estimate of drug-likeness (QED) is 0.412. The Hall–Kier alpha value is -3.91. The molecule has 2 aromatic heterocycles. The average Bonchev–Trinajstić information content (AvgIpc) is 3.54. The van der Waals surface area contributed by atoms with Gasteiger partial charge in [0.15, 0.2) is 5.82 Å². The van der Waals surface area contributed by atoms with Crippen LogP contribution < -0.4 is 10.2 Å². The van der Waals surface area contributed by atoms with E-state index in [0.717, 1.165) is 32.7 Å². The molecule has 3 heterocycles. The third kappa shape index (κ3) is 5.15. The van der Waals surface area contributed by atoms with Crippen molar-refractivity contribution in [3.8, 4) is 11.5 Å². The van der Waals surface area contributed by atoms with Crippen molar-refractivity contribution in [2.75, 3.05) is 44.2 Å². The van der Waals surface area contributed by atoms with Gasteiger partial charge in [-0.2, -0.15) is 5.10 Å². The van der Waals surface area contributed by atoms with E-state index in [4.69, 9.17) is 0 Å². The maximum atomic E-state index is 13.5. The smallest absolute Gasteiger partial charge is 0.257 e. The molecule has 192 valence electrons. The highest BCUT2D eigenvalue weighted by atomic mass is 19.1. The summed E-state index contributed by atoms with van der Waals surface area (Å²) in [4.78, 5) is 18.2. The van der Waals surface area contributed by atoms with Crippen LogP contribution in [0.5, 0.6) is 0 Å². The summed E-state index contributed by atoms with van der Waals surface area (Å²) < 4.78 is 17.1. The number of nitrogens with one attached hydrogen (secondary N) is 1. The van der Waals surface area contributed by atoms with Gasteiger partial charge in [0.25, 0.3) is 5.91 Å². The van der Waals surface area contributed by atoms with Crippen LogP contribution in [0.15, 0.2) is 67.0 Å². The molecule has 1 amide bonds. The highest BCUT2D eigenvalue weighted by Gasteiger charge is 2.24. The van der Waals surface area contributed by atoms with Crippen molar-refractivity contribution in [1.82, 2.24) is 24.6 Å². The van der Waals surface area contributed by atoms with Crippen LogP contribution in [0.3, 0.4) is 0 Å². The van der Waals surface area contributed by atoms with Crippen LogP contribution in [0.25, 0.3) is 11.5 Å². The highest BCUT2D eigenvalue weighted by molar-refractivity contribution is 5.98. The summed E-state index contributed by atoms with van der Waals surface area (Å²) in [6.07, 6.45) is 3.76. The first-order chi connectivity index (χ1) is 17.9. The maximum absolute atomic E-state index is 13.5. The van der Waals surface area contributed by atoms with Crippen molar-refractivity contribution in [1.29, 1.82) is 0 Å². The number of anilines is 1. The summed E-state index contributed by atoms with van der Waals surface area (Å²) in [5.41, 5.74) is 5.80. The Kier molecular flexibility index (Phi) is 7.10. The Morgan fingerprint density at radius 2 is 1.65 bits per heavy atom. The molecule has 0 spiro atoms. The molecule has 0 radical (unpaired) electrons. The number of amides is 1. The molecular weight excluding hydrogens is 467 g/mol. The standard InChI is InChI=1S/C29H33FN6O/c1-21-7-6-8-26(22(21)2)34-19-17-33(18-20-34)16-13-31-28(37)27-23(3)32-36(25-11-9-24(30)10-12-25)29(27)35-14-4-5-15-35/h4-12,14-15H,13,16-20H2,1-3H3,(H,31,37). The summed E-state index contributed by atoms with van der Waals surface area (Å²) in [7, 11) is 0. The van der Waals surface area contributed by atoms with Crippen LogP contribution in [0, 0.1) is 26.6 Å². The van der Waals surface area contributed by atoms with Crippen molar-refractivity contribution >= 4 is 11.6 Å². The van der Waals surface area contributed by atoms with Gasteiger partial charge in [0.2, 0.25) is 0 Å². The van der Waals surface area contributed by atoms with E-state index < -0.39 is 0 Å². The molecule has 7 nitrogen and oxygen atoms in total. The molecule has 4 aromatic rings. The number of piperazine rings is 1. The van der Waals surface area contributed by atoms with Crippen molar-refractivity contribution < 1.29 is 9.18 Å². The van der Waals surface area contributed by atoms with Gasteiger partial charge in [-0.3, -0.25) is 9.69 Å². The van der Waals surface area contributed by atoms with E-state index in [-0.39, 0.29) is 11.7 Å². The van der Waals surface area contributed by atoms with E-state index in [2.05, 4.69) is 52.3 Å². The lowest BCUT2D eigenvalue weighted by molar-refractivity contribution is 0.0947. The minimum Gasteiger partial charge on any atom is -0.369 e. The normalized spacial score (nSPS) is 14.2. The Balaban J connectivity index is 1.24. The molecule has 1 N–H and O–H groups in total. The Bertz CT molecular complexity index is 1370. The van der Waals surface area contributed by atoms with Crippen LogP contribution in [0.1, 0.15) is 27.2 Å². The summed E-state index contributed by atoms with van der Waals surface area (Å²) >= 11 is 0. The lowest BCUT2D eigenvalue weighted by atomic mass is 10.1. The molecule has 0 unspecified atom stereocenters. The van der Waals surface area contributed by atoms with Crippen molar-refractivity contribution in [3.63, 3.8) is 0 Å². The first-order valence-corrected chi connectivity index (χ1v) is 12.7. The fourth-order valence-electron chi connectivity index (χ4n) is 4.96. The molecule has 1 aliphatic heterocycles. The van der Waals surface area contributed by atoms with Gasteiger partial charge in [0, 0.05) is 57.3 Å². The zero-order chi connectivity index (χ0) is 25.9. The van der Waals surface area contributed by atoms with E-state index in [0.29, 0.717) is 29.3 Å². The van der Waals surface area contributed by atoms with Crippen LogP contribution in [0.4, 0.5) is 10.1 Å². The number of hydrogen-bond acceptors (Lipinski definition) is 4. The molecule has 0 aliphatic carbocycles. The molecule has 2 aromatic carbocycles. The predicted molar refractivity (Wildman–Crippen MR) is 144 cm³/mol. The van der Waals surface area contributed by atoms with E-state index in [1.54, 1.807) is 16.8 Å². The largest absolute Gasteiger partial charge is 0.369 e. The van der Waals surface area contributed by atoms with Gasteiger partial charge in [-0.05, 0) is 74.4 Å². The van der Waals surface area contributed by atoms with Gasteiger partial charge in [0.05, 0.1) is 11.4 Å². The number of benzene rings is 2. The third-order valence-electron chi connectivity index (χ3n) is 7.19. The van der Waals surface area contributed by atoms with Gasteiger partial charge >= 0.3 is 0 Å². The monoisotopic (exact) mass is 500 g/mol. The predicted octanol–water partition coefficient (Wildman–Crippen LogP) is 4.28. The van der Waals surface area contributed by atoms with Crippen LogP contribution >= 0.6 is 0 Å². The van der Waals surface area contributed by atoms with Gasteiger partial charge in [-0.15, -0.1) is 0 Å². The van der Waals surface area contributed by atoms with E-state index >= 15 is 0 Å². The number of nitrogens with zero attached hydrogens (tertiary/aromatic N) is 5. The number of hydrogen-bond donors (Lipinski definition) is 1. The summed E-state index contributed by atoms with van der Waals surface area (Å²) in [6.45, 7) is 11.4. The molecule has 0 bridgehead atoms. The van der Waals surface area contributed by atoms with E-state index in [1.807, 2.05) is 36.0 Å².